The van der Waals surface area contributed by atoms with Crippen molar-refractivity contribution in [2.45, 2.75) is 19.3 Å². The second-order valence-electron chi connectivity index (χ2n) is 4.77. The summed E-state index contributed by atoms with van der Waals surface area (Å²) in [6.45, 7) is 5.39. The molecule has 2 rings (SSSR count). The van der Waals surface area contributed by atoms with Crippen LogP contribution >= 0.6 is 0 Å². The van der Waals surface area contributed by atoms with Gasteiger partial charge in [0.15, 0.2) is 0 Å². The zero-order chi connectivity index (χ0) is 13.3. The van der Waals surface area contributed by atoms with E-state index in [-0.39, 0.29) is 6.03 Å². The van der Waals surface area contributed by atoms with Crippen LogP contribution in [0.2, 0.25) is 0 Å². The van der Waals surface area contributed by atoms with Crippen molar-refractivity contribution in [1.29, 1.82) is 0 Å². The summed E-state index contributed by atoms with van der Waals surface area (Å²) in [5.41, 5.74) is 1.30. The molecule has 4 nitrogen and oxygen atoms in total. The topological polar surface area (TPSA) is 44.4 Å². The number of urea groups is 1. The molecule has 2 amide bonds. The average molecular weight is 260 g/mol. The minimum atomic E-state index is 0.0248. The molecule has 1 heterocycles. The first-order chi connectivity index (χ1) is 9.36. The molecule has 0 aliphatic carbocycles. The van der Waals surface area contributed by atoms with Crippen molar-refractivity contribution in [1.82, 2.24) is 15.5 Å². The van der Waals surface area contributed by atoms with E-state index in [0.29, 0.717) is 0 Å². The van der Waals surface area contributed by atoms with E-state index in [4.69, 9.17) is 0 Å². The summed E-state index contributed by atoms with van der Waals surface area (Å²) in [6, 6.07) is 10.3. The van der Waals surface area contributed by atoms with E-state index >= 15 is 0 Å². The van der Waals surface area contributed by atoms with Crippen LogP contribution in [0.5, 0.6) is 0 Å². The fourth-order valence-electron chi connectivity index (χ4n) is 2.18. The summed E-state index contributed by atoms with van der Waals surface area (Å²) < 4.78 is 0. The normalized spacial score (nSPS) is 15.9. The Hall–Kier alpha value is -1.55. The molecule has 1 aliphatic heterocycles. The molecule has 0 unspecified atom stereocenters. The summed E-state index contributed by atoms with van der Waals surface area (Å²) in [4.78, 5) is 13.8. The molecule has 4 heteroatoms. The number of rotatable bonds is 4. The number of nitrogens with zero attached hydrogens (tertiary/aromatic N) is 1. The van der Waals surface area contributed by atoms with Gasteiger partial charge in [-0.1, -0.05) is 30.3 Å². The lowest BCUT2D eigenvalue weighted by Gasteiger charge is -2.20. The average Bonchev–Trinajstić information content (AvgIpc) is 2.73. The first kappa shape index (κ1) is 13.9. The lowest BCUT2D eigenvalue weighted by atomic mass is 10.1. The Morgan fingerprint density at radius 3 is 2.95 bits per heavy atom. The molecule has 0 saturated carbocycles. The summed E-state index contributed by atoms with van der Waals surface area (Å²) in [5.74, 6) is 0. The Morgan fingerprint density at radius 2 is 2.11 bits per heavy atom. The van der Waals surface area contributed by atoms with Crippen molar-refractivity contribution < 1.29 is 4.79 Å². The molecule has 1 aliphatic rings. The Bertz CT molecular complexity index is 372. The fraction of sp³-hybridized carbons (Fsp3) is 0.467. The van der Waals surface area contributed by atoms with Crippen LogP contribution in [-0.2, 0) is 6.42 Å². The maximum atomic E-state index is 11.9. The zero-order valence-corrected chi connectivity index (χ0v) is 11.3. The van der Waals surface area contributed by atoms with Crippen LogP contribution in [0.3, 0.4) is 0 Å². The minimum Gasteiger partial charge on any atom is -0.333 e. The van der Waals surface area contributed by atoms with E-state index < -0.39 is 0 Å². The van der Waals surface area contributed by atoms with Gasteiger partial charge in [0.05, 0.1) is 6.54 Å². The first-order valence-corrected chi connectivity index (χ1v) is 6.98. The number of carbonyl (C=O) groups excluding carboxylic acids is 1. The summed E-state index contributed by atoms with van der Waals surface area (Å²) in [6.07, 6.45) is 2.85. The van der Waals surface area contributed by atoms with E-state index in [9.17, 15) is 4.79 Å². The Kier molecular flexibility index (Phi) is 5.69. The van der Waals surface area contributed by atoms with Gasteiger partial charge in [0.1, 0.15) is 0 Å². The highest BCUT2D eigenvalue weighted by atomic mass is 16.2. The lowest BCUT2D eigenvalue weighted by Crippen LogP contribution is -2.40. The SMILES string of the molecule is O=C(N[CH]CCc1ccccc1)N1CCCNCC1. The number of hydrogen-bond donors (Lipinski definition) is 2. The molecule has 1 saturated heterocycles. The van der Waals surface area contributed by atoms with Gasteiger partial charge in [-0.2, -0.15) is 0 Å². The van der Waals surface area contributed by atoms with E-state index in [1.54, 1.807) is 0 Å². The Morgan fingerprint density at radius 1 is 1.26 bits per heavy atom. The third-order valence-corrected chi connectivity index (χ3v) is 3.27. The Labute approximate surface area is 115 Å². The zero-order valence-electron chi connectivity index (χ0n) is 11.3. The van der Waals surface area contributed by atoms with Crippen molar-refractivity contribution in [3.8, 4) is 0 Å². The van der Waals surface area contributed by atoms with Crippen LogP contribution in [-0.4, -0.2) is 37.1 Å². The van der Waals surface area contributed by atoms with Gasteiger partial charge in [-0.3, -0.25) is 0 Å². The van der Waals surface area contributed by atoms with Gasteiger partial charge in [0, 0.05) is 19.6 Å². The number of amides is 2. The van der Waals surface area contributed by atoms with Crippen molar-refractivity contribution in [3.63, 3.8) is 0 Å². The maximum Gasteiger partial charge on any atom is 0.317 e. The summed E-state index contributed by atoms with van der Waals surface area (Å²) >= 11 is 0. The minimum absolute atomic E-state index is 0.0248. The second kappa shape index (κ2) is 7.79. The number of aryl methyl sites for hydroxylation is 1. The monoisotopic (exact) mass is 260 g/mol. The van der Waals surface area contributed by atoms with Crippen molar-refractivity contribution >= 4 is 6.03 Å². The predicted molar refractivity (Wildman–Crippen MR) is 76.7 cm³/mol. The molecule has 0 bridgehead atoms. The largest absolute Gasteiger partial charge is 0.333 e. The number of benzene rings is 1. The van der Waals surface area contributed by atoms with E-state index in [1.165, 1.54) is 5.56 Å². The number of carbonyl (C=O) groups is 1. The predicted octanol–water partition coefficient (Wildman–Crippen LogP) is 1.79. The van der Waals surface area contributed by atoms with Gasteiger partial charge in [-0.25, -0.2) is 4.79 Å². The highest BCUT2D eigenvalue weighted by Gasteiger charge is 2.14. The summed E-state index contributed by atoms with van der Waals surface area (Å²) in [7, 11) is 0. The molecular formula is C15H22N3O. The van der Waals surface area contributed by atoms with Crippen molar-refractivity contribution in [3.05, 3.63) is 42.4 Å². The first-order valence-electron chi connectivity index (χ1n) is 6.98. The second-order valence-corrected chi connectivity index (χ2v) is 4.77. The smallest absolute Gasteiger partial charge is 0.317 e. The van der Waals surface area contributed by atoms with E-state index in [2.05, 4.69) is 22.8 Å². The van der Waals surface area contributed by atoms with Gasteiger partial charge < -0.3 is 15.5 Å². The number of nitrogens with one attached hydrogen (secondary N) is 2. The van der Waals surface area contributed by atoms with E-state index in [0.717, 1.165) is 45.4 Å². The van der Waals surface area contributed by atoms with Crippen LogP contribution in [0, 0.1) is 6.54 Å². The number of hydrogen-bond acceptors (Lipinski definition) is 2. The molecule has 0 atom stereocenters. The molecule has 2 N–H and O–H groups in total. The van der Waals surface area contributed by atoms with Gasteiger partial charge >= 0.3 is 6.03 Å². The van der Waals surface area contributed by atoms with Crippen molar-refractivity contribution in [2.24, 2.45) is 0 Å². The third-order valence-electron chi connectivity index (χ3n) is 3.27. The highest BCUT2D eigenvalue weighted by Crippen LogP contribution is 2.03. The van der Waals surface area contributed by atoms with Crippen LogP contribution < -0.4 is 10.6 Å². The molecule has 1 aromatic carbocycles. The molecule has 19 heavy (non-hydrogen) atoms. The van der Waals surface area contributed by atoms with Crippen LogP contribution in [0.4, 0.5) is 4.79 Å². The molecule has 0 spiro atoms. The molecule has 0 aromatic heterocycles. The van der Waals surface area contributed by atoms with Crippen LogP contribution in [0.1, 0.15) is 18.4 Å². The fourth-order valence-corrected chi connectivity index (χ4v) is 2.18. The van der Waals surface area contributed by atoms with Crippen LogP contribution in [0.15, 0.2) is 30.3 Å². The van der Waals surface area contributed by atoms with Gasteiger partial charge in [0.2, 0.25) is 0 Å². The van der Waals surface area contributed by atoms with Crippen molar-refractivity contribution in [2.75, 3.05) is 26.2 Å². The third kappa shape index (κ3) is 4.91. The van der Waals surface area contributed by atoms with Gasteiger partial charge in [-0.05, 0) is 31.4 Å². The molecule has 1 aromatic rings. The molecule has 1 radical (unpaired) electrons. The summed E-state index contributed by atoms with van der Waals surface area (Å²) in [5, 5.41) is 6.17. The standard InChI is InChI=1S/C15H22N3O/c19-15(18-12-5-9-16-11-13-18)17-10-4-8-14-6-2-1-3-7-14/h1-3,6-7,10,16H,4-5,8-9,11-13H2,(H,17,19). The lowest BCUT2D eigenvalue weighted by molar-refractivity contribution is 0.203. The molecule has 1 fully saturated rings. The van der Waals surface area contributed by atoms with Gasteiger partial charge in [-0.15, -0.1) is 0 Å². The Balaban J connectivity index is 1.63. The quantitative estimate of drug-likeness (QED) is 0.811. The molecular weight excluding hydrogens is 238 g/mol. The van der Waals surface area contributed by atoms with E-state index in [1.807, 2.05) is 29.6 Å². The molecule has 103 valence electrons. The van der Waals surface area contributed by atoms with Crippen LogP contribution in [0.25, 0.3) is 0 Å². The highest BCUT2D eigenvalue weighted by molar-refractivity contribution is 5.74. The maximum absolute atomic E-state index is 11.9. The van der Waals surface area contributed by atoms with Gasteiger partial charge in [0.25, 0.3) is 0 Å².